The van der Waals surface area contributed by atoms with Crippen LogP contribution < -0.4 is 5.01 Å². The minimum Gasteiger partial charge on any atom is -0.412 e. The second kappa shape index (κ2) is 4.02. The van der Waals surface area contributed by atoms with Gasteiger partial charge in [0, 0.05) is 5.71 Å². The average Bonchev–Trinajstić information content (AvgIpc) is 2.47. The van der Waals surface area contributed by atoms with E-state index in [1.165, 1.54) is 5.01 Å². The van der Waals surface area contributed by atoms with Gasteiger partial charge in [-0.15, -0.1) is 0 Å². The monoisotopic (exact) mass is 192 g/mol. The van der Waals surface area contributed by atoms with Crippen molar-refractivity contribution >= 4 is 17.3 Å². The molecule has 2 rings (SSSR count). The number of hydrazone groups is 1. The Morgan fingerprint density at radius 3 is 2.43 bits per heavy atom. The Bertz CT molecular complexity index is 360. The zero-order valence-electron chi connectivity index (χ0n) is 7.90. The topological polar surface area (TPSA) is 64.2 Å². The third kappa shape index (κ3) is 1.80. The summed E-state index contributed by atoms with van der Waals surface area (Å²) in [6.07, 6.45) is 0.439. The van der Waals surface area contributed by atoms with Crippen LogP contribution in [0.25, 0.3) is 0 Å². The summed E-state index contributed by atoms with van der Waals surface area (Å²) in [5.74, 6) is 0.0451. The lowest BCUT2D eigenvalue weighted by Gasteiger charge is -2.10. The molecular formula is C10H12N2O2. The van der Waals surface area contributed by atoms with Crippen LogP contribution in [0.5, 0.6) is 0 Å². The van der Waals surface area contributed by atoms with Gasteiger partial charge >= 0.3 is 0 Å². The Balaban J connectivity index is 0.000000980. The molecule has 0 unspecified atom stereocenters. The number of amides is 1. The van der Waals surface area contributed by atoms with Gasteiger partial charge in [0.2, 0.25) is 0 Å². The molecule has 0 spiro atoms. The Morgan fingerprint density at radius 1 is 1.29 bits per heavy atom. The summed E-state index contributed by atoms with van der Waals surface area (Å²) in [5.41, 5.74) is 1.71. The molecule has 0 aromatic heterocycles. The lowest BCUT2D eigenvalue weighted by molar-refractivity contribution is -0.116. The molecule has 2 N–H and O–H groups in total. The largest absolute Gasteiger partial charge is 0.412 e. The maximum Gasteiger partial charge on any atom is 0.253 e. The van der Waals surface area contributed by atoms with Gasteiger partial charge in [0.15, 0.2) is 0 Å². The fraction of sp³-hybridized carbons (Fsp3) is 0.200. The second-order valence-corrected chi connectivity index (χ2v) is 3.05. The fourth-order valence-electron chi connectivity index (χ4n) is 1.33. The summed E-state index contributed by atoms with van der Waals surface area (Å²) >= 11 is 0. The number of hydrogen-bond donors (Lipinski definition) is 0. The highest BCUT2D eigenvalue weighted by Gasteiger charge is 2.21. The third-order valence-corrected chi connectivity index (χ3v) is 1.91. The predicted octanol–water partition coefficient (Wildman–Crippen LogP) is 0.974. The molecule has 0 aliphatic carbocycles. The SMILES string of the molecule is CC1=NN(c2ccccc2)C(=O)C1.O. The smallest absolute Gasteiger partial charge is 0.253 e. The van der Waals surface area contributed by atoms with Crippen molar-refractivity contribution in [1.29, 1.82) is 0 Å². The van der Waals surface area contributed by atoms with Gasteiger partial charge in [0.25, 0.3) is 5.91 Å². The number of nitrogens with zero attached hydrogens (tertiary/aromatic N) is 2. The van der Waals surface area contributed by atoms with Crippen LogP contribution in [-0.4, -0.2) is 17.1 Å². The maximum atomic E-state index is 11.4. The number of carbonyl (C=O) groups is 1. The molecule has 1 amide bonds. The molecule has 0 radical (unpaired) electrons. The van der Waals surface area contributed by atoms with Crippen LogP contribution in [0.4, 0.5) is 5.69 Å². The Hall–Kier alpha value is -1.68. The van der Waals surface area contributed by atoms with Gasteiger partial charge in [-0.2, -0.15) is 5.10 Å². The Kier molecular flexibility index (Phi) is 2.99. The van der Waals surface area contributed by atoms with Crippen molar-refractivity contribution in [1.82, 2.24) is 0 Å². The summed E-state index contributed by atoms with van der Waals surface area (Å²) in [4.78, 5) is 11.4. The molecule has 1 aliphatic rings. The highest BCUT2D eigenvalue weighted by atomic mass is 16.2. The van der Waals surface area contributed by atoms with Crippen molar-refractivity contribution in [2.45, 2.75) is 13.3 Å². The number of benzene rings is 1. The molecule has 4 nitrogen and oxygen atoms in total. The minimum atomic E-state index is 0. The van der Waals surface area contributed by atoms with Crippen molar-refractivity contribution in [3.8, 4) is 0 Å². The highest BCUT2D eigenvalue weighted by molar-refractivity contribution is 6.12. The molecule has 1 heterocycles. The number of anilines is 1. The first-order valence-corrected chi connectivity index (χ1v) is 4.19. The summed E-state index contributed by atoms with van der Waals surface area (Å²) in [6.45, 7) is 1.86. The van der Waals surface area contributed by atoms with E-state index in [9.17, 15) is 4.79 Å². The maximum absolute atomic E-state index is 11.4. The molecule has 74 valence electrons. The lowest BCUT2D eigenvalue weighted by Crippen LogP contribution is -2.19. The van der Waals surface area contributed by atoms with E-state index in [4.69, 9.17) is 0 Å². The van der Waals surface area contributed by atoms with E-state index in [2.05, 4.69) is 5.10 Å². The van der Waals surface area contributed by atoms with Gasteiger partial charge in [0.05, 0.1) is 12.1 Å². The van der Waals surface area contributed by atoms with Crippen LogP contribution in [-0.2, 0) is 4.79 Å². The molecule has 0 saturated heterocycles. The van der Waals surface area contributed by atoms with Crippen molar-refractivity contribution in [2.75, 3.05) is 5.01 Å². The molecule has 14 heavy (non-hydrogen) atoms. The van der Waals surface area contributed by atoms with Gasteiger partial charge < -0.3 is 5.48 Å². The van der Waals surface area contributed by atoms with E-state index < -0.39 is 0 Å². The predicted molar refractivity (Wildman–Crippen MR) is 55.3 cm³/mol. The molecule has 1 aliphatic heterocycles. The second-order valence-electron chi connectivity index (χ2n) is 3.05. The first-order valence-electron chi connectivity index (χ1n) is 4.19. The quantitative estimate of drug-likeness (QED) is 0.654. The van der Waals surface area contributed by atoms with Crippen LogP contribution in [0.3, 0.4) is 0 Å². The molecule has 0 atom stereocenters. The van der Waals surface area contributed by atoms with Crippen LogP contribution in [0.2, 0.25) is 0 Å². The fourth-order valence-corrected chi connectivity index (χ4v) is 1.33. The first kappa shape index (κ1) is 10.4. The minimum absolute atomic E-state index is 0. The van der Waals surface area contributed by atoms with E-state index in [1.54, 1.807) is 0 Å². The average molecular weight is 192 g/mol. The zero-order chi connectivity index (χ0) is 9.26. The summed E-state index contributed by atoms with van der Waals surface area (Å²) in [5, 5.41) is 5.59. The van der Waals surface area contributed by atoms with Crippen LogP contribution in [0.1, 0.15) is 13.3 Å². The molecule has 1 aromatic carbocycles. The molecular weight excluding hydrogens is 180 g/mol. The zero-order valence-corrected chi connectivity index (χ0v) is 7.90. The molecule has 0 bridgehead atoms. The van der Waals surface area contributed by atoms with Crippen LogP contribution >= 0.6 is 0 Å². The summed E-state index contributed by atoms with van der Waals surface area (Å²) in [7, 11) is 0. The van der Waals surface area contributed by atoms with E-state index in [0.29, 0.717) is 6.42 Å². The Morgan fingerprint density at radius 2 is 1.93 bits per heavy atom. The number of carbonyl (C=O) groups excluding carboxylic acids is 1. The summed E-state index contributed by atoms with van der Waals surface area (Å²) in [6, 6.07) is 9.46. The lowest BCUT2D eigenvalue weighted by atomic mass is 10.3. The van der Waals surface area contributed by atoms with Gasteiger partial charge in [-0.3, -0.25) is 4.79 Å². The van der Waals surface area contributed by atoms with Crippen molar-refractivity contribution < 1.29 is 10.3 Å². The van der Waals surface area contributed by atoms with Crippen molar-refractivity contribution in [2.24, 2.45) is 5.10 Å². The van der Waals surface area contributed by atoms with E-state index >= 15 is 0 Å². The van der Waals surface area contributed by atoms with Gasteiger partial charge in [0.1, 0.15) is 0 Å². The van der Waals surface area contributed by atoms with Gasteiger partial charge in [-0.25, -0.2) is 5.01 Å². The summed E-state index contributed by atoms with van der Waals surface area (Å²) < 4.78 is 0. The first-order chi connectivity index (χ1) is 6.27. The van der Waals surface area contributed by atoms with E-state index in [-0.39, 0.29) is 11.4 Å². The van der Waals surface area contributed by atoms with Crippen LogP contribution in [0, 0.1) is 0 Å². The van der Waals surface area contributed by atoms with Crippen molar-refractivity contribution in [3.63, 3.8) is 0 Å². The molecule has 0 saturated carbocycles. The normalized spacial score (nSPS) is 15.1. The molecule has 1 aromatic rings. The standard InChI is InChI=1S/C10H10N2O.H2O/c1-8-7-10(13)12(11-8)9-5-3-2-4-6-9;/h2-6H,7H2,1H3;1H2. The van der Waals surface area contributed by atoms with Crippen LogP contribution in [0.15, 0.2) is 35.4 Å². The number of hydrogen-bond acceptors (Lipinski definition) is 2. The number of rotatable bonds is 1. The Labute approximate surface area is 82.2 Å². The van der Waals surface area contributed by atoms with E-state index in [0.717, 1.165) is 11.4 Å². The molecule has 4 heteroatoms. The third-order valence-electron chi connectivity index (χ3n) is 1.91. The van der Waals surface area contributed by atoms with Crippen molar-refractivity contribution in [3.05, 3.63) is 30.3 Å². The van der Waals surface area contributed by atoms with Gasteiger partial charge in [-0.1, -0.05) is 18.2 Å². The number of para-hydroxylation sites is 1. The highest BCUT2D eigenvalue weighted by Crippen LogP contribution is 2.19. The van der Waals surface area contributed by atoms with E-state index in [1.807, 2.05) is 37.3 Å². The molecule has 0 fully saturated rings. The van der Waals surface area contributed by atoms with Gasteiger partial charge in [-0.05, 0) is 19.1 Å².